The van der Waals surface area contributed by atoms with E-state index >= 15 is 0 Å². The van der Waals surface area contributed by atoms with Gasteiger partial charge in [0.15, 0.2) is 0 Å². The summed E-state index contributed by atoms with van der Waals surface area (Å²) in [4.78, 5) is 27.3. The molecule has 190 valence electrons. The summed E-state index contributed by atoms with van der Waals surface area (Å²) in [5.74, 6) is 0.332. The second-order valence-corrected chi connectivity index (χ2v) is 9.56. The number of pyridine rings is 1. The van der Waals surface area contributed by atoms with Crippen molar-refractivity contribution in [2.75, 3.05) is 43.4 Å². The van der Waals surface area contributed by atoms with Gasteiger partial charge < -0.3 is 20.9 Å². The zero-order valence-corrected chi connectivity index (χ0v) is 21.6. The van der Waals surface area contributed by atoms with Gasteiger partial charge in [0.25, 0.3) is 5.56 Å². The molecule has 0 unspecified atom stereocenters. The number of rotatable bonds is 6. The first-order valence-corrected chi connectivity index (χ1v) is 12.6. The monoisotopic (exact) mass is 516 g/mol. The maximum atomic E-state index is 13.4. The maximum absolute atomic E-state index is 13.4. The largest absolute Gasteiger partial charge is 0.384 e. The number of aromatic nitrogens is 3. The molecule has 3 heterocycles. The van der Waals surface area contributed by atoms with Gasteiger partial charge in [0.2, 0.25) is 5.95 Å². The van der Waals surface area contributed by atoms with Gasteiger partial charge in [0, 0.05) is 77.4 Å². The van der Waals surface area contributed by atoms with E-state index in [1.54, 1.807) is 35.0 Å². The van der Waals surface area contributed by atoms with Crippen LogP contribution in [0.15, 0.2) is 59.5 Å². The van der Waals surface area contributed by atoms with Crippen LogP contribution >= 0.6 is 11.6 Å². The minimum absolute atomic E-state index is 0.0830. The fraction of sp³-hybridized carbons (Fsp3) is 0.259. The third kappa shape index (κ3) is 5.00. The first kappa shape index (κ1) is 24.7. The Balaban J connectivity index is 1.44. The van der Waals surface area contributed by atoms with E-state index in [0.29, 0.717) is 39.9 Å². The third-order valence-electron chi connectivity index (χ3n) is 6.71. The van der Waals surface area contributed by atoms with Crippen LogP contribution in [0.25, 0.3) is 22.2 Å². The molecular weight excluding hydrogens is 488 g/mol. The van der Waals surface area contributed by atoms with Crippen molar-refractivity contribution in [2.45, 2.75) is 13.5 Å². The van der Waals surface area contributed by atoms with E-state index in [0.717, 1.165) is 37.3 Å². The van der Waals surface area contributed by atoms with Crippen molar-refractivity contribution in [3.8, 4) is 11.1 Å². The summed E-state index contributed by atoms with van der Waals surface area (Å²) < 4.78 is 1.61. The fourth-order valence-corrected chi connectivity index (χ4v) is 4.84. The molecule has 1 aliphatic heterocycles. The molecule has 2 aromatic carbocycles. The molecule has 0 atom stereocenters. The van der Waals surface area contributed by atoms with Gasteiger partial charge in [0.05, 0.1) is 0 Å². The Morgan fingerprint density at radius 1 is 1.08 bits per heavy atom. The number of benzene rings is 2. The first-order chi connectivity index (χ1) is 17.8. The van der Waals surface area contributed by atoms with Gasteiger partial charge in [-0.3, -0.25) is 14.8 Å². The molecule has 1 aliphatic rings. The van der Waals surface area contributed by atoms with Crippen molar-refractivity contribution in [1.29, 1.82) is 5.41 Å². The Morgan fingerprint density at radius 2 is 1.81 bits per heavy atom. The van der Waals surface area contributed by atoms with Gasteiger partial charge >= 0.3 is 0 Å². The highest BCUT2D eigenvalue weighted by molar-refractivity contribution is 6.33. The number of aryl methyl sites for hydroxylation is 1. The van der Waals surface area contributed by atoms with E-state index in [-0.39, 0.29) is 11.4 Å². The normalized spacial score (nSPS) is 14.2. The molecule has 0 bridgehead atoms. The van der Waals surface area contributed by atoms with Gasteiger partial charge in [0.1, 0.15) is 11.5 Å². The van der Waals surface area contributed by atoms with Crippen LogP contribution in [0, 0.1) is 5.41 Å². The summed E-state index contributed by atoms with van der Waals surface area (Å²) >= 11 is 6.46. The summed E-state index contributed by atoms with van der Waals surface area (Å²) in [5, 5.41) is 11.9. The van der Waals surface area contributed by atoms with E-state index < -0.39 is 0 Å². The molecule has 0 saturated carbocycles. The summed E-state index contributed by atoms with van der Waals surface area (Å²) in [7, 11) is 2.15. The average Bonchev–Trinajstić information content (AvgIpc) is 2.89. The fourth-order valence-electron chi connectivity index (χ4n) is 4.56. The van der Waals surface area contributed by atoms with Crippen LogP contribution in [0.3, 0.4) is 0 Å². The van der Waals surface area contributed by atoms with Gasteiger partial charge in [-0.1, -0.05) is 23.7 Å². The molecule has 37 heavy (non-hydrogen) atoms. The van der Waals surface area contributed by atoms with Gasteiger partial charge in [-0.2, -0.15) is 4.98 Å². The van der Waals surface area contributed by atoms with Crippen molar-refractivity contribution < 1.29 is 0 Å². The van der Waals surface area contributed by atoms with Crippen LogP contribution in [-0.2, 0) is 6.54 Å². The van der Waals surface area contributed by atoms with Crippen molar-refractivity contribution in [1.82, 2.24) is 19.4 Å². The molecule has 10 heteroatoms. The van der Waals surface area contributed by atoms with Gasteiger partial charge in [-0.25, -0.2) is 4.98 Å². The van der Waals surface area contributed by atoms with Crippen LogP contribution in [0.5, 0.6) is 0 Å². The number of nitrogens with one attached hydrogen (secondary N) is 2. The van der Waals surface area contributed by atoms with Crippen molar-refractivity contribution >= 4 is 45.8 Å². The molecule has 1 fully saturated rings. The molecule has 0 radical (unpaired) electrons. The van der Waals surface area contributed by atoms with Crippen molar-refractivity contribution in [2.24, 2.45) is 5.73 Å². The highest BCUT2D eigenvalue weighted by Crippen LogP contribution is 2.29. The second-order valence-electron chi connectivity index (χ2n) is 9.15. The lowest BCUT2D eigenvalue weighted by molar-refractivity contribution is 0.313. The quantitative estimate of drug-likeness (QED) is 0.263. The molecule has 0 spiro atoms. The third-order valence-corrected chi connectivity index (χ3v) is 7.02. The zero-order valence-electron chi connectivity index (χ0n) is 20.8. The van der Waals surface area contributed by atoms with E-state index in [2.05, 4.69) is 44.3 Å². The molecule has 9 nitrogen and oxygen atoms in total. The number of amidine groups is 1. The SMILES string of the molecule is CCn1c(=O)c(-c2ccc(C(=N)N)cc2Cl)cc2cnc(Nc3ccc(N4CCN(C)CC4)cc3)nc21. The lowest BCUT2D eigenvalue weighted by Crippen LogP contribution is -2.44. The minimum Gasteiger partial charge on any atom is -0.384 e. The number of halogens is 1. The number of fused-ring (bicyclic) bond motifs is 1. The summed E-state index contributed by atoms with van der Waals surface area (Å²) in [5.41, 5.74) is 9.49. The molecule has 0 amide bonds. The average molecular weight is 517 g/mol. The van der Waals surface area contributed by atoms with Crippen molar-refractivity contribution in [3.63, 3.8) is 0 Å². The number of nitrogens with two attached hydrogens (primary N) is 1. The van der Waals surface area contributed by atoms with E-state index in [1.807, 2.05) is 19.1 Å². The molecule has 0 aliphatic carbocycles. The molecule has 1 saturated heterocycles. The highest BCUT2D eigenvalue weighted by atomic mass is 35.5. The van der Waals surface area contributed by atoms with Crippen LogP contribution in [0.1, 0.15) is 12.5 Å². The van der Waals surface area contributed by atoms with Crippen LogP contribution in [0.4, 0.5) is 17.3 Å². The van der Waals surface area contributed by atoms with E-state index in [4.69, 9.17) is 22.7 Å². The summed E-state index contributed by atoms with van der Waals surface area (Å²) in [6.45, 7) is 6.47. The van der Waals surface area contributed by atoms with E-state index in [9.17, 15) is 4.79 Å². The van der Waals surface area contributed by atoms with Crippen LogP contribution in [-0.4, -0.2) is 58.5 Å². The number of hydrogen-bond donors (Lipinski definition) is 3. The molecule has 5 rings (SSSR count). The lowest BCUT2D eigenvalue weighted by Gasteiger charge is -2.34. The first-order valence-electron chi connectivity index (χ1n) is 12.2. The molecule has 4 aromatic rings. The zero-order chi connectivity index (χ0) is 26.1. The van der Waals surface area contributed by atoms with Gasteiger partial charge in [-0.05, 0) is 50.4 Å². The minimum atomic E-state index is -0.200. The number of nitrogens with zero attached hydrogens (tertiary/aromatic N) is 5. The number of hydrogen-bond acceptors (Lipinski definition) is 7. The van der Waals surface area contributed by atoms with Crippen LogP contribution in [0.2, 0.25) is 5.02 Å². The van der Waals surface area contributed by atoms with Gasteiger partial charge in [-0.15, -0.1) is 0 Å². The Hall–Kier alpha value is -3.95. The summed E-state index contributed by atoms with van der Waals surface area (Å²) in [6.07, 6.45) is 1.70. The predicted octanol–water partition coefficient (Wildman–Crippen LogP) is 3.91. The topological polar surface area (TPSA) is 116 Å². The number of anilines is 3. The summed E-state index contributed by atoms with van der Waals surface area (Å²) in [6, 6.07) is 15.0. The predicted molar refractivity (Wildman–Crippen MR) is 150 cm³/mol. The standard InChI is InChI=1S/C27H29ClN8O/c1-3-36-25-18(14-22(26(36)37)21-9-4-17(24(29)30)15-23(21)28)16-31-27(33-25)32-19-5-7-20(8-6-19)35-12-10-34(2)11-13-35/h4-9,14-16H,3,10-13H2,1-2H3,(H3,29,30)(H,31,32,33). The Bertz CT molecular complexity index is 1520. The van der Waals surface area contributed by atoms with E-state index in [1.165, 1.54) is 5.69 Å². The molecular formula is C27H29ClN8O. The number of nitrogen functional groups attached to an aromatic ring is 1. The van der Waals surface area contributed by atoms with Crippen molar-refractivity contribution in [3.05, 3.63) is 75.7 Å². The number of likely N-dealkylation sites (N-methyl/N-ethyl adjacent to an activating group) is 1. The smallest absolute Gasteiger partial charge is 0.260 e. The second kappa shape index (κ2) is 10.2. The molecule has 2 aromatic heterocycles. The highest BCUT2D eigenvalue weighted by Gasteiger charge is 2.16. The lowest BCUT2D eigenvalue weighted by atomic mass is 10.0. The van der Waals surface area contributed by atoms with Crippen LogP contribution < -0.4 is 21.5 Å². The Kier molecular flexibility index (Phi) is 6.82. The Labute approximate surface area is 220 Å². The molecule has 4 N–H and O–H groups in total. The number of piperazine rings is 1. The Morgan fingerprint density at radius 3 is 2.46 bits per heavy atom. The maximum Gasteiger partial charge on any atom is 0.260 e.